The number of rotatable bonds is 4. The van der Waals surface area contributed by atoms with Gasteiger partial charge in [0.1, 0.15) is 0 Å². The van der Waals surface area contributed by atoms with E-state index in [0.29, 0.717) is 6.10 Å². The lowest BCUT2D eigenvalue weighted by Gasteiger charge is -2.17. The highest BCUT2D eigenvalue weighted by atomic mass is 16.6. The Morgan fingerprint density at radius 2 is 2.17 bits per heavy atom. The monoisotopic (exact) mass is 170 g/mol. The lowest BCUT2D eigenvalue weighted by atomic mass is 9.96. The molecule has 1 fully saturated rings. The van der Waals surface area contributed by atoms with Crippen LogP contribution in [-0.2, 0) is 4.74 Å². The van der Waals surface area contributed by atoms with Gasteiger partial charge in [0.2, 0.25) is 0 Å². The Morgan fingerprint density at radius 3 is 2.50 bits per heavy atom. The molecule has 1 N–H and O–H groups in total. The van der Waals surface area contributed by atoms with Crippen LogP contribution in [0.25, 0.3) is 0 Å². The first-order chi connectivity index (χ1) is 5.37. The minimum Gasteiger partial charge on any atom is -0.386 e. The summed E-state index contributed by atoms with van der Waals surface area (Å²) >= 11 is 0. The van der Waals surface area contributed by atoms with Crippen LogP contribution in [0.3, 0.4) is 0 Å². The van der Waals surface area contributed by atoms with E-state index >= 15 is 0 Å². The van der Waals surface area contributed by atoms with Gasteiger partial charge in [-0.15, -0.1) is 6.58 Å². The summed E-state index contributed by atoms with van der Waals surface area (Å²) in [5.41, 5.74) is -0.695. The molecule has 2 atom stereocenters. The molecular formula is C10H18O2. The molecule has 0 aliphatic carbocycles. The Morgan fingerprint density at radius 1 is 1.67 bits per heavy atom. The first kappa shape index (κ1) is 9.75. The van der Waals surface area contributed by atoms with Gasteiger partial charge in [-0.1, -0.05) is 6.08 Å². The third-order valence-corrected chi connectivity index (χ3v) is 2.52. The maximum Gasteiger partial charge on any atom is 0.0892 e. The average Bonchev–Trinajstić information content (AvgIpc) is 2.56. The molecule has 0 aromatic heterocycles. The van der Waals surface area contributed by atoms with E-state index in [4.69, 9.17) is 4.74 Å². The van der Waals surface area contributed by atoms with Crippen LogP contribution in [0.4, 0.5) is 0 Å². The predicted octanol–water partition coefficient (Wildman–Crippen LogP) is 1.88. The largest absolute Gasteiger partial charge is 0.386 e. The zero-order valence-corrected chi connectivity index (χ0v) is 8.13. The van der Waals surface area contributed by atoms with Crippen molar-refractivity contribution in [3.8, 4) is 0 Å². The van der Waals surface area contributed by atoms with Gasteiger partial charge in [-0.3, -0.25) is 0 Å². The van der Waals surface area contributed by atoms with E-state index in [1.807, 2.05) is 0 Å². The number of epoxide rings is 1. The minimum absolute atomic E-state index is 0.0389. The summed E-state index contributed by atoms with van der Waals surface area (Å²) in [6, 6.07) is 0. The van der Waals surface area contributed by atoms with Crippen molar-refractivity contribution in [3.63, 3.8) is 0 Å². The van der Waals surface area contributed by atoms with Crippen molar-refractivity contribution in [2.75, 3.05) is 0 Å². The van der Waals surface area contributed by atoms with Crippen molar-refractivity contribution in [1.82, 2.24) is 0 Å². The topological polar surface area (TPSA) is 32.8 Å². The molecule has 1 aliphatic rings. The van der Waals surface area contributed by atoms with Crippen LogP contribution in [0.5, 0.6) is 0 Å². The zero-order valence-electron chi connectivity index (χ0n) is 8.13. The lowest BCUT2D eigenvalue weighted by molar-refractivity contribution is 0.0967. The zero-order chi connectivity index (χ0) is 9.41. The van der Waals surface area contributed by atoms with Gasteiger partial charge in [-0.25, -0.2) is 0 Å². The standard InChI is InChI=1S/C10H18O2/c1-5-10(4,11)7-6-8-9(2,3)12-8/h5,8,11H,1,6-7H2,2-4H3/t8?,10-/m1/s1. The van der Waals surface area contributed by atoms with Crippen LogP contribution in [0.2, 0.25) is 0 Å². The van der Waals surface area contributed by atoms with Crippen molar-refractivity contribution >= 4 is 0 Å². The molecule has 1 aliphatic heterocycles. The molecule has 0 radical (unpaired) electrons. The highest BCUT2D eigenvalue weighted by Crippen LogP contribution is 2.39. The number of hydrogen-bond acceptors (Lipinski definition) is 2. The van der Waals surface area contributed by atoms with Gasteiger partial charge < -0.3 is 9.84 Å². The van der Waals surface area contributed by atoms with Crippen LogP contribution >= 0.6 is 0 Å². The van der Waals surface area contributed by atoms with Crippen LogP contribution in [0, 0.1) is 0 Å². The molecular weight excluding hydrogens is 152 g/mol. The van der Waals surface area contributed by atoms with Crippen LogP contribution < -0.4 is 0 Å². The highest BCUT2D eigenvalue weighted by Gasteiger charge is 2.47. The number of ether oxygens (including phenoxy) is 1. The van der Waals surface area contributed by atoms with Crippen LogP contribution in [0.1, 0.15) is 33.6 Å². The fourth-order valence-electron chi connectivity index (χ4n) is 1.26. The van der Waals surface area contributed by atoms with Crippen molar-refractivity contribution in [3.05, 3.63) is 12.7 Å². The van der Waals surface area contributed by atoms with Crippen molar-refractivity contribution < 1.29 is 9.84 Å². The summed E-state index contributed by atoms with van der Waals surface area (Å²) in [6.45, 7) is 9.49. The molecule has 0 aromatic rings. The second kappa shape index (κ2) is 2.86. The van der Waals surface area contributed by atoms with E-state index in [2.05, 4.69) is 20.4 Å². The van der Waals surface area contributed by atoms with Crippen molar-refractivity contribution in [1.29, 1.82) is 0 Å². The van der Waals surface area contributed by atoms with E-state index < -0.39 is 5.60 Å². The fourth-order valence-corrected chi connectivity index (χ4v) is 1.26. The summed E-state index contributed by atoms with van der Waals surface area (Å²) < 4.78 is 5.40. The smallest absolute Gasteiger partial charge is 0.0892 e. The van der Waals surface area contributed by atoms with Crippen LogP contribution in [0.15, 0.2) is 12.7 Å². The van der Waals surface area contributed by atoms with Crippen molar-refractivity contribution in [2.45, 2.75) is 50.9 Å². The molecule has 0 amide bonds. The molecule has 2 heteroatoms. The van der Waals surface area contributed by atoms with Crippen LogP contribution in [-0.4, -0.2) is 22.4 Å². The molecule has 0 spiro atoms. The highest BCUT2D eigenvalue weighted by molar-refractivity contribution is 4.98. The quantitative estimate of drug-likeness (QED) is 0.516. The van der Waals surface area contributed by atoms with E-state index in [9.17, 15) is 5.11 Å². The van der Waals surface area contributed by atoms with E-state index in [-0.39, 0.29) is 5.60 Å². The van der Waals surface area contributed by atoms with Gasteiger partial charge in [0.05, 0.1) is 17.3 Å². The van der Waals surface area contributed by atoms with Gasteiger partial charge in [-0.2, -0.15) is 0 Å². The molecule has 0 bridgehead atoms. The normalized spacial score (nSPS) is 30.8. The summed E-state index contributed by atoms with van der Waals surface area (Å²) in [7, 11) is 0. The Hall–Kier alpha value is -0.340. The molecule has 1 saturated heterocycles. The van der Waals surface area contributed by atoms with Gasteiger partial charge >= 0.3 is 0 Å². The SMILES string of the molecule is C=C[C@@](C)(O)CCC1OC1(C)C. The molecule has 70 valence electrons. The maximum atomic E-state index is 9.60. The molecule has 0 aromatic carbocycles. The molecule has 0 saturated carbocycles. The van der Waals surface area contributed by atoms with E-state index in [0.717, 1.165) is 12.8 Å². The second-order valence-electron chi connectivity index (χ2n) is 4.31. The first-order valence-electron chi connectivity index (χ1n) is 4.41. The molecule has 1 unspecified atom stereocenters. The average molecular weight is 170 g/mol. The second-order valence-corrected chi connectivity index (χ2v) is 4.31. The third kappa shape index (κ3) is 2.32. The summed E-state index contributed by atoms with van der Waals surface area (Å²) in [4.78, 5) is 0. The summed E-state index contributed by atoms with van der Waals surface area (Å²) in [6.07, 6.45) is 3.54. The molecule has 12 heavy (non-hydrogen) atoms. The Bertz CT molecular complexity index is 182. The van der Waals surface area contributed by atoms with Gasteiger partial charge in [-0.05, 0) is 33.6 Å². The maximum absolute atomic E-state index is 9.60. The Labute approximate surface area is 74.2 Å². The van der Waals surface area contributed by atoms with Gasteiger partial charge in [0.25, 0.3) is 0 Å². The summed E-state index contributed by atoms with van der Waals surface area (Å²) in [5, 5.41) is 9.60. The Balaban J connectivity index is 2.24. The van der Waals surface area contributed by atoms with E-state index in [1.54, 1.807) is 13.0 Å². The first-order valence-corrected chi connectivity index (χ1v) is 4.41. The summed E-state index contributed by atoms with van der Waals surface area (Å²) in [5.74, 6) is 0. The molecule has 2 nitrogen and oxygen atoms in total. The fraction of sp³-hybridized carbons (Fsp3) is 0.800. The minimum atomic E-state index is -0.734. The molecule has 1 heterocycles. The van der Waals surface area contributed by atoms with Gasteiger partial charge in [0, 0.05) is 0 Å². The predicted molar refractivity (Wildman–Crippen MR) is 49.0 cm³/mol. The number of aliphatic hydroxyl groups is 1. The molecule has 1 rings (SSSR count). The Kier molecular flexibility index (Phi) is 2.32. The van der Waals surface area contributed by atoms with E-state index in [1.165, 1.54) is 0 Å². The lowest BCUT2D eigenvalue weighted by Crippen LogP contribution is -2.21. The van der Waals surface area contributed by atoms with Gasteiger partial charge in [0.15, 0.2) is 0 Å². The number of hydrogen-bond donors (Lipinski definition) is 1. The third-order valence-electron chi connectivity index (χ3n) is 2.52. The van der Waals surface area contributed by atoms with Crippen molar-refractivity contribution in [2.24, 2.45) is 0 Å².